The van der Waals surface area contributed by atoms with Crippen molar-refractivity contribution in [2.75, 3.05) is 16.8 Å². The molecular weight excluding hydrogens is 418 g/mol. The van der Waals surface area contributed by atoms with Crippen LogP contribution in [0.1, 0.15) is 22.8 Å². The average molecular weight is 438 g/mol. The molecule has 30 heavy (non-hydrogen) atoms. The van der Waals surface area contributed by atoms with Gasteiger partial charge in [0.2, 0.25) is 0 Å². The largest absolute Gasteiger partial charge is 0.334 e. The number of benzene rings is 3. The van der Waals surface area contributed by atoms with Crippen molar-refractivity contribution in [3.05, 3.63) is 82.9 Å². The standard InChI is InChI=1S/C23H20ClN3O2S/c1-2-27-19-13-17(26-23(29)25-14-15-6-5-7-16(24)12-15)10-11-21(19)30-20-9-4-3-8-18(20)22(27)28/h3-13H,2,14H2,1H3,(H2,25,26,29). The number of rotatable bonds is 4. The lowest BCUT2D eigenvalue weighted by Crippen LogP contribution is -2.31. The molecule has 1 heterocycles. The van der Waals surface area contributed by atoms with E-state index in [4.69, 9.17) is 11.6 Å². The smallest absolute Gasteiger partial charge is 0.319 e. The summed E-state index contributed by atoms with van der Waals surface area (Å²) in [5.74, 6) is -0.0399. The topological polar surface area (TPSA) is 61.4 Å². The van der Waals surface area contributed by atoms with E-state index in [1.807, 2.05) is 67.6 Å². The number of urea groups is 1. The summed E-state index contributed by atoms with van der Waals surface area (Å²) in [5.41, 5.74) is 3.01. The lowest BCUT2D eigenvalue weighted by atomic mass is 10.1. The lowest BCUT2D eigenvalue weighted by molar-refractivity contribution is 0.0985. The van der Waals surface area contributed by atoms with Gasteiger partial charge in [-0.05, 0) is 55.0 Å². The molecule has 3 amide bonds. The highest BCUT2D eigenvalue weighted by atomic mass is 35.5. The van der Waals surface area contributed by atoms with E-state index in [-0.39, 0.29) is 11.9 Å². The molecule has 0 spiro atoms. The Kier molecular flexibility index (Phi) is 5.97. The molecule has 4 rings (SSSR count). The van der Waals surface area contributed by atoms with Crippen LogP contribution in [0.5, 0.6) is 0 Å². The molecule has 0 saturated carbocycles. The predicted octanol–water partition coefficient (Wildman–Crippen LogP) is 5.79. The van der Waals surface area contributed by atoms with Gasteiger partial charge in [0, 0.05) is 33.6 Å². The van der Waals surface area contributed by atoms with Gasteiger partial charge in [-0.2, -0.15) is 0 Å². The van der Waals surface area contributed by atoms with Crippen molar-refractivity contribution in [3.8, 4) is 0 Å². The number of nitrogens with zero attached hydrogens (tertiary/aromatic N) is 1. The SMILES string of the molecule is CCN1C(=O)c2ccccc2Sc2ccc(NC(=O)NCc3cccc(Cl)c3)cc21. The molecule has 0 atom stereocenters. The Balaban J connectivity index is 1.52. The molecule has 0 aliphatic carbocycles. The van der Waals surface area contributed by atoms with Crippen molar-refractivity contribution < 1.29 is 9.59 Å². The zero-order valence-corrected chi connectivity index (χ0v) is 17.9. The fourth-order valence-corrected chi connectivity index (χ4v) is 4.59. The maximum absolute atomic E-state index is 13.1. The van der Waals surface area contributed by atoms with E-state index >= 15 is 0 Å². The molecule has 0 aromatic heterocycles. The zero-order valence-electron chi connectivity index (χ0n) is 16.3. The average Bonchev–Trinajstić information content (AvgIpc) is 2.86. The van der Waals surface area contributed by atoms with Crippen molar-refractivity contribution in [2.45, 2.75) is 23.3 Å². The number of hydrogen-bond acceptors (Lipinski definition) is 3. The molecule has 1 aliphatic heterocycles. The normalized spacial score (nSPS) is 12.6. The van der Waals surface area contributed by atoms with Crippen molar-refractivity contribution >= 4 is 46.7 Å². The second kappa shape index (κ2) is 8.81. The molecule has 1 aliphatic rings. The van der Waals surface area contributed by atoms with Crippen LogP contribution in [-0.2, 0) is 6.54 Å². The summed E-state index contributed by atoms with van der Waals surface area (Å²) in [6.07, 6.45) is 0. The van der Waals surface area contributed by atoms with Gasteiger partial charge in [0.25, 0.3) is 5.91 Å². The van der Waals surface area contributed by atoms with Crippen molar-refractivity contribution in [2.24, 2.45) is 0 Å². The number of carbonyl (C=O) groups excluding carboxylic acids is 2. The Labute approximate surface area is 184 Å². The Morgan fingerprint density at radius 2 is 1.87 bits per heavy atom. The third-order valence-corrected chi connectivity index (χ3v) is 6.12. The van der Waals surface area contributed by atoms with Crippen LogP contribution >= 0.6 is 23.4 Å². The van der Waals surface area contributed by atoms with Crippen LogP contribution < -0.4 is 15.5 Å². The Morgan fingerprint density at radius 3 is 2.67 bits per heavy atom. The van der Waals surface area contributed by atoms with Crippen LogP contribution in [0.3, 0.4) is 0 Å². The Bertz CT molecular complexity index is 1120. The van der Waals surface area contributed by atoms with E-state index in [2.05, 4.69) is 10.6 Å². The first-order valence-electron chi connectivity index (χ1n) is 9.57. The van der Waals surface area contributed by atoms with Crippen LogP contribution in [0.15, 0.2) is 76.5 Å². The fourth-order valence-electron chi connectivity index (χ4n) is 3.32. The van der Waals surface area contributed by atoms with E-state index in [0.717, 1.165) is 21.0 Å². The number of nitrogens with one attached hydrogen (secondary N) is 2. The number of carbonyl (C=O) groups is 2. The second-order valence-corrected chi connectivity index (χ2v) is 8.29. The molecule has 152 valence electrons. The van der Waals surface area contributed by atoms with Crippen molar-refractivity contribution in [1.82, 2.24) is 5.32 Å². The van der Waals surface area contributed by atoms with Gasteiger partial charge in [-0.1, -0.05) is 47.6 Å². The van der Waals surface area contributed by atoms with Gasteiger partial charge in [-0.25, -0.2) is 4.79 Å². The number of halogens is 1. The van der Waals surface area contributed by atoms with Crippen LogP contribution in [0.25, 0.3) is 0 Å². The Hall–Kier alpha value is -2.96. The second-order valence-electron chi connectivity index (χ2n) is 6.77. The molecule has 0 fully saturated rings. The molecular formula is C23H20ClN3O2S. The monoisotopic (exact) mass is 437 g/mol. The summed E-state index contributed by atoms with van der Waals surface area (Å²) in [5, 5.41) is 6.30. The highest BCUT2D eigenvalue weighted by Crippen LogP contribution is 2.42. The first-order chi connectivity index (χ1) is 14.5. The van der Waals surface area contributed by atoms with E-state index in [1.54, 1.807) is 22.7 Å². The predicted molar refractivity (Wildman–Crippen MR) is 122 cm³/mol. The maximum Gasteiger partial charge on any atom is 0.319 e. The molecule has 0 radical (unpaired) electrons. The molecule has 0 bridgehead atoms. The van der Waals surface area contributed by atoms with Gasteiger partial charge in [-0.3, -0.25) is 4.79 Å². The summed E-state index contributed by atoms with van der Waals surface area (Å²) >= 11 is 7.54. The van der Waals surface area contributed by atoms with E-state index in [1.165, 1.54) is 0 Å². The number of hydrogen-bond donors (Lipinski definition) is 2. The third kappa shape index (κ3) is 4.30. The van der Waals surface area contributed by atoms with Gasteiger partial charge in [0.1, 0.15) is 0 Å². The van der Waals surface area contributed by atoms with Gasteiger partial charge >= 0.3 is 6.03 Å². The van der Waals surface area contributed by atoms with E-state index in [0.29, 0.717) is 29.4 Å². The molecule has 0 unspecified atom stereocenters. The van der Waals surface area contributed by atoms with Gasteiger partial charge in [0.15, 0.2) is 0 Å². The first-order valence-corrected chi connectivity index (χ1v) is 10.8. The molecule has 5 nitrogen and oxygen atoms in total. The quantitative estimate of drug-likeness (QED) is 0.542. The molecule has 0 saturated heterocycles. The lowest BCUT2D eigenvalue weighted by Gasteiger charge is -2.22. The van der Waals surface area contributed by atoms with Crippen molar-refractivity contribution in [1.29, 1.82) is 0 Å². The minimum absolute atomic E-state index is 0.0399. The van der Waals surface area contributed by atoms with Crippen LogP contribution in [0.4, 0.5) is 16.2 Å². The molecule has 2 N–H and O–H groups in total. The summed E-state index contributed by atoms with van der Waals surface area (Å²) in [4.78, 5) is 29.1. The van der Waals surface area contributed by atoms with Crippen LogP contribution in [0.2, 0.25) is 5.02 Å². The van der Waals surface area contributed by atoms with Crippen molar-refractivity contribution in [3.63, 3.8) is 0 Å². The Morgan fingerprint density at radius 1 is 1.03 bits per heavy atom. The fraction of sp³-hybridized carbons (Fsp3) is 0.130. The van der Waals surface area contributed by atoms with Gasteiger partial charge < -0.3 is 15.5 Å². The number of anilines is 2. The highest BCUT2D eigenvalue weighted by Gasteiger charge is 2.26. The number of amides is 3. The minimum atomic E-state index is -0.325. The van der Waals surface area contributed by atoms with E-state index in [9.17, 15) is 9.59 Å². The van der Waals surface area contributed by atoms with Gasteiger partial charge in [-0.15, -0.1) is 0 Å². The molecule has 7 heteroatoms. The van der Waals surface area contributed by atoms with E-state index < -0.39 is 0 Å². The van der Waals surface area contributed by atoms with Gasteiger partial charge in [0.05, 0.1) is 11.3 Å². The summed E-state index contributed by atoms with van der Waals surface area (Å²) in [6.45, 7) is 2.84. The third-order valence-electron chi connectivity index (χ3n) is 4.75. The molecule has 3 aromatic carbocycles. The summed E-state index contributed by atoms with van der Waals surface area (Å²) in [6, 6.07) is 20.2. The minimum Gasteiger partial charge on any atom is -0.334 e. The summed E-state index contributed by atoms with van der Waals surface area (Å²) in [7, 11) is 0. The zero-order chi connectivity index (χ0) is 21.1. The summed E-state index contributed by atoms with van der Waals surface area (Å²) < 4.78 is 0. The first kappa shape index (κ1) is 20.3. The highest BCUT2D eigenvalue weighted by molar-refractivity contribution is 7.99. The van der Waals surface area contributed by atoms with Crippen LogP contribution in [0, 0.1) is 0 Å². The molecule has 3 aromatic rings. The van der Waals surface area contributed by atoms with Crippen LogP contribution in [-0.4, -0.2) is 18.5 Å². The maximum atomic E-state index is 13.1. The number of fused-ring (bicyclic) bond motifs is 2.